The van der Waals surface area contributed by atoms with Gasteiger partial charge in [-0.3, -0.25) is 4.79 Å². The largest absolute Gasteiger partial charge is 0.508 e. The molecule has 0 aromatic heterocycles. The Morgan fingerprint density at radius 1 is 1.19 bits per heavy atom. The van der Waals surface area contributed by atoms with E-state index in [1.54, 1.807) is 12.1 Å². The molecule has 0 fully saturated rings. The van der Waals surface area contributed by atoms with Crippen LogP contribution in [-0.2, 0) is 4.74 Å². The van der Waals surface area contributed by atoms with Gasteiger partial charge in [-0.2, -0.15) is 0 Å². The van der Waals surface area contributed by atoms with E-state index in [2.05, 4.69) is 33.8 Å². The van der Waals surface area contributed by atoms with Gasteiger partial charge in [0.05, 0.1) is 12.2 Å². The Hall–Kier alpha value is -1.91. The number of aromatic hydroxyl groups is 1. The standard InChI is InChI=1S/C23H32O4/c1-15(2)23-20(25)12-16(3)6-5-7-17(4)13-22(23)27-14-21(26)18-8-10-19(24)11-9-18/h7-12,15,20,22-25H,5-6,13-14H2,1-4H3/b16-12+,17-7+/t20-,22+,23+/m0/s1. The van der Waals surface area contributed by atoms with Crippen LogP contribution >= 0.6 is 0 Å². The first-order chi connectivity index (χ1) is 12.8. The summed E-state index contributed by atoms with van der Waals surface area (Å²) in [6.07, 6.45) is 5.94. The fourth-order valence-corrected chi connectivity index (χ4v) is 3.70. The van der Waals surface area contributed by atoms with Gasteiger partial charge in [-0.1, -0.05) is 37.1 Å². The van der Waals surface area contributed by atoms with E-state index in [9.17, 15) is 15.0 Å². The Kier molecular flexibility index (Phi) is 7.81. The third-order valence-electron chi connectivity index (χ3n) is 5.22. The average Bonchev–Trinajstić information content (AvgIpc) is 2.59. The van der Waals surface area contributed by atoms with Crippen LogP contribution in [0.25, 0.3) is 0 Å². The summed E-state index contributed by atoms with van der Waals surface area (Å²) >= 11 is 0. The molecule has 0 amide bonds. The van der Waals surface area contributed by atoms with Gasteiger partial charge in [-0.05, 0) is 63.3 Å². The third kappa shape index (κ3) is 6.33. The summed E-state index contributed by atoms with van der Waals surface area (Å²) < 4.78 is 6.07. The monoisotopic (exact) mass is 372 g/mol. The van der Waals surface area contributed by atoms with Crippen molar-refractivity contribution in [2.75, 3.05) is 6.61 Å². The first kappa shape index (κ1) is 21.4. The van der Waals surface area contributed by atoms with Gasteiger partial charge in [0.2, 0.25) is 0 Å². The number of ketones is 1. The molecule has 4 nitrogen and oxygen atoms in total. The molecular weight excluding hydrogens is 340 g/mol. The molecule has 2 rings (SSSR count). The SMILES string of the molecule is C/C1=C\[C@H](O)[C@@H](C(C)C)[C@H](OCC(=O)c2ccc(O)cc2)C/C(C)=C/CC1. The van der Waals surface area contributed by atoms with E-state index in [1.807, 2.05) is 6.08 Å². The minimum Gasteiger partial charge on any atom is -0.508 e. The number of aliphatic hydroxyl groups is 1. The molecule has 1 aliphatic rings. The summed E-state index contributed by atoms with van der Waals surface area (Å²) in [6, 6.07) is 6.19. The van der Waals surface area contributed by atoms with Crippen molar-refractivity contribution >= 4 is 5.78 Å². The van der Waals surface area contributed by atoms with E-state index >= 15 is 0 Å². The minimum absolute atomic E-state index is 0.0403. The van der Waals surface area contributed by atoms with Crippen LogP contribution in [0.2, 0.25) is 0 Å². The van der Waals surface area contributed by atoms with Gasteiger partial charge < -0.3 is 14.9 Å². The Bertz CT molecular complexity index is 685. The molecule has 0 unspecified atom stereocenters. The zero-order valence-corrected chi connectivity index (χ0v) is 16.8. The molecule has 0 heterocycles. The maximum Gasteiger partial charge on any atom is 0.188 e. The summed E-state index contributed by atoms with van der Waals surface area (Å²) in [4.78, 5) is 12.5. The van der Waals surface area contributed by atoms with Gasteiger partial charge in [-0.25, -0.2) is 0 Å². The van der Waals surface area contributed by atoms with Gasteiger partial charge in [-0.15, -0.1) is 0 Å². The summed E-state index contributed by atoms with van der Waals surface area (Å²) in [6.45, 7) is 8.26. The molecule has 0 bridgehead atoms. The number of aliphatic hydroxyl groups excluding tert-OH is 1. The highest BCUT2D eigenvalue weighted by Gasteiger charge is 2.32. The van der Waals surface area contributed by atoms with Crippen LogP contribution in [-0.4, -0.2) is 34.8 Å². The molecule has 1 aliphatic carbocycles. The topological polar surface area (TPSA) is 66.8 Å². The van der Waals surface area contributed by atoms with Gasteiger partial charge in [0.15, 0.2) is 5.78 Å². The van der Waals surface area contributed by atoms with Crippen molar-refractivity contribution in [2.24, 2.45) is 11.8 Å². The van der Waals surface area contributed by atoms with Gasteiger partial charge in [0, 0.05) is 11.5 Å². The second kappa shape index (κ2) is 9.86. The van der Waals surface area contributed by atoms with E-state index in [0.717, 1.165) is 12.8 Å². The first-order valence-corrected chi connectivity index (χ1v) is 9.72. The zero-order valence-electron chi connectivity index (χ0n) is 16.8. The summed E-state index contributed by atoms with van der Waals surface area (Å²) in [5.74, 6) is 0.127. The molecule has 0 radical (unpaired) electrons. The number of phenolic OH excluding ortho intramolecular Hbond substituents is 1. The third-order valence-corrected chi connectivity index (χ3v) is 5.22. The van der Waals surface area contributed by atoms with Crippen molar-refractivity contribution in [1.82, 2.24) is 0 Å². The summed E-state index contributed by atoms with van der Waals surface area (Å²) in [5.41, 5.74) is 2.92. The molecule has 27 heavy (non-hydrogen) atoms. The number of benzene rings is 1. The van der Waals surface area contributed by atoms with Gasteiger partial charge in [0.1, 0.15) is 12.4 Å². The second-order valence-corrected chi connectivity index (χ2v) is 7.94. The van der Waals surface area contributed by atoms with E-state index in [1.165, 1.54) is 23.3 Å². The number of allylic oxidation sites excluding steroid dienone is 2. The van der Waals surface area contributed by atoms with E-state index < -0.39 is 6.10 Å². The van der Waals surface area contributed by atoms with Crippen molar-refractivity contribution in [2.45, 2.75) is 59.2 Å². The van der Waals surface area contributed by atoms with Crippen LogP contribution in [0.4, 0.5) is 0 Å². The molecule has 0 saturated heterocycles. The Balaban J connectivity index is 2.18. The number of hydrogen-bond donors (Lipinski definition) is 2. The van der Waals surface area contributed by atoms with E-state index in [-0.39, 0.29) is 36.1 Å². The molecule has 1 aromatic carbocycles. The number of carbonyl (C=O) groups excluding carboxylic acids is 1. The first-order valence-electron chi connectivity index (χ1n) is 9.72. The van der Waals surface area contributed by atoms with Crippen LogP contribution < -0.4 is 0 Å². The van der Waals surface area contributed by atoms with Crippen LogP contribution in [0.15, 0.2) is 47.6 Å². The predicted molar refractivity (Wildman–Crippen MR) is 108 cm³/mol. The lowest BCUT2D eigenvalue weighted by molar-refractivity contribution is -0.0348. The number of carbonyl (C=O) groups is 1. The zero-order chi connectivity index (χ0) is 20.0. The number of Topliss-reactive ketones (excluding diaryl/α,β-unsaturated/α-hetero) is 1. The smallest absolute Gasteiger partial charge is 0.188 e. The van der Waals surface area contributed by atoms with Crippen molar-refractivity contribution in [1.29, 1.82) is 0 Å². The Morgan fingerprint density at radius 2 is 1.85 bits per heavy atom. The highest BCUT2D eigenvalue weighted by atomic mass is 16.5. The maximum atomic E-state index is 12.5. The Morgan fingerprint density at radius 3 is 2.48 bits per heavy atom. The molecule has 4 heteroatoms. The summed E-state index contributed by atoms with van der Waals surface area (Å²) in [5, 5.41) is 20.2. The molecular formula is C23H32O4. The average molecular weight is 373 g/mol. The highest BCUT2D eigenvalue weighted by molar-refractivity contribution is 5.97. The van der Waals surface area contributed by atoms with Crippen LogP contribution in [0.3, 0.4) is 0 Å². The second-order valence-electron chi connectivity index (χ2n) is 7.94. The summed E-state index contributed by atoms with van der Waals surface area (Å²) in [7, 11) is 0. The molecule has 148 valence electrons. The maximum absolute atomic E-state index is 12.5. The fourth-order valence-electron chi connectivity index (χ4n) is 3.70. The van der Waals surface area contributed by atoms with E-state index in [4.69, 9.17) is 4.74 Å². The van der Waals surface area contributed by atoms with Crippen molar-refractivity contribution in [3.05, 3.63) is 53.1 Å². The lowest BCUT2D eigenvalue weighted by atomic mass is 9.81. The molecule has 3 atom stereocenters. The molecule has 2 N–H and O–H groups in total. The molecule has 1 aromatic rings. The minimum atomic E-state index is -0.593. The Labute approximate surface area is 162 Å². The number of rotatable bonds is 5. The van der Waals surface area contributed by atoms with Crippen molar-refractivity contribution in [3.63, 3.8) is 0 Å². The quantitative estimate of drug-likeness (QED) is 0.582. The lowest BCUT2D eigenvalue weighted by Gasteiger charge is -2.34. The number of hydrogen-bond acceptors (Lipinski definition) is 4. The number of phenols is 1. The molecule has 0 aliphatic heterocycles. The van der Waals surface area contributed by atoms with Crippen molar-refractivity contribution < 1.29 is 19.7 Å². The van der Waals surface area contributed by atoms with Crippen LogP contribution in [0.5, 0.6) is 5.75 Å². The highest BCUT2D eigenvalue weighted by Crippen LogP contribution is 2.30. The normalized spacial score (nSPS) is 28.1. The van der Waals surface area contributed by atoms with Gasteiger partial charge >= 0.3 is 0 Å². The lowest BCUT2D eigenvalue weighted by Crippen LogP contribution is -2.38. The van der Waals surface area contributed by atoms with Crippen molar-refractivity contribution in [3.8, 4) is 5.75 Å². The molecule has 0 spiro atoms. The number of ether oxygens (including phenoxy) is 1. The van der Waals surface area contributed by atoms with Gasteiger partial charge in [0.25, 0.3) is 0 Å². The van der Waals surface area contributed by atoms with E-state index in [0.29, 0.717) is 12.0 Å². The van der Waals surface area contributed by atoms with Crippen LogP contribution in [0.1, 0.15) is 57.3 Å². The fraction of sp³-hybridized carbons (Fsp3) is 0.522. The predicted octanol–water partition coefficient (Wildman–Crippen LogP) is 4.67. The molecule has 0 saturated carbocycles. The van der Waals surface area contributed by atoms with Crippen LogP contribution in [0, 0.1) is 11.8 Å².